The van der Waals surface area contributed by atoms with Crippen molar-refractivity contribution in [1.82, 2.24) is 0 Å². The monoisotopic (exact) mass is 340 g/mol. The van der Waals surface area contributed by atoms with Crippen molar-refractivity contribution in [3.05, 3.63) is 47.0 Å². The Bertz CT molecular complexity index is 495. The lowest BCUT2D eigenvalue weighted by molar-refractivity contribution is -0.162. The standard InChI is InChI=1S/C15H17BrO4/c1-3-5-10-15(13(17)18,14(19)20-4-2)11-6-8-12(16)9-7-11/h3,6-9H,1,4-5,10H2,2H3,(H,17,18). The Hall–Kier alpha value is -1.62. The van der Waals surface area contributed by atoms with Crippen molar-refractivity contribution in [1.29, 1.82) is 0 Å². The third-order valence-electron chi connectivity index (χ3n) is 3.05. The van der Waals surface area contributed by atoms with Crippen LogP contribution in [0, 0.1) is 0 Å². The third-order valence-corrected chi connectivity index (χ3v) is 3.58. The first-order valence-corrected chi connectivity index (χ1v) is 7.06. The van der Waals surface area contributed by atoms with E-state index < -0.39 is 17.4 Å². The summed E-state index contributed by atoms with van der Waals surface area (Å²) in [5, 5.41) is 9.62. The number of allylic oxidation sites excluding steroid dienone is 1. The number of carbonyl (C=O) groups excluding carboxylic acids is 1. The van der Waals surface area contributed by atoms with Crippen LogP contribution in [-0.2, 0) is 19.7 Å². The summed E-state index contributed by atoms with van der Waals surface area (Å²) in [5.74, 6) is -1.95. The van der Waals surface area contributed by atoms with E-state index in [4.69, 9.17) is 4.74 Å². The molecular formula is C15H17BrO4. The van der Waals surface area contributed by atoms with Crippen LogP contribution >= 0.6 is 15.9 Å². The molecule has 1 unspecified atom stereocenters. The molecule has 0 radical (unpaired) electrons. The number of carboxylic acids is 1. The number of aliphatic carboxylic acids is 1. The van der Waals surface area contributed by atoms with E-state index in [2.05, 4.69) is 22.5 Å². The summed E-state index contributed by atoms with van der Waals surface area (Å²) in [6.07, 6.45) is 2.11. The van der Waals surface area contributed by atoms with E-state index in [1.165, 1.54) is 0 Å². The maximum absolute atomic E-state index is 12.2. The molecule has 0 aliphatic heterocycles. The summed E-state index contributed by atoms with van der Waals surface area (Å²) < 4.78 is 5.80. The van der Waals surface area contributed by atoms with E-state index in [0.29, 0.717) is 12.0 Å². The molecule has 0 heterocycles. The zero-order valence-electron chi connectivity index (χ0n) is 11.3. The summed E-state index contributed by atoms with van der Waals surface area (Å²) in [5.41, 5.74) is -1.28. The molecule has 108 valence electrons. The van der Waals surface area contributed by atoms with Gasteiger partial charge in [0.2, 0.25) is 0 Å². The fourth-order valence-corrected chi connectivity index (χ4v) is 2.25. The molecule has 0 aliphatic carbocycles. The number of rotatable bonds is 7. The van der Waals surface area contributed by atoms with Gasteiger partial charge in [0.05, 0.1) is 6.61 Å². The summed E-state index contributed by atoms with van der Waals surface area (Å²) >= 11 is 3.29. The van der Waals surface area contributed by atoms with Gasteiger partial charge in [-0.05, 0) is 37.5 Å². The minimum Gasteiger partial charge on any atom is -0.480 e. The Labute approximate surface area is 126 Å². The topological polar surface area (TPSA) is 63.6 Å². The minimum absolute atomic E-state index is 0.117. The molecule has 1 aromatic carbocycles. The number of ether oxygens (including phenoxy) is 1. The van der Waals surface area contributed by atoms with Crippen LogP contribution in [0.25, 0.3) is 0 Å². The maximum atomic E-state index is 12.2. The van der Waals surface area contributed by atoms with Gasteiger partial charge in [0.25, 0.3) is 0 Å². The highest BCUT2D eigenvalue weighted by molar-refractivity contribution is 9.10. The second-order valence-electron chi connectivity index (χ2n) is 4.27. The van der Waals surface area contributed by atoms with Gasteiger partial charge in [0.15, 0.2) is 5.41 Å². The van der Waals surface area contributed by atoms with Gasteiger partial charge < -0.3 is 9.84 Å². The lowest BCUT2D eigenvalue weighted by Gasteiger charge is -2.27. The second kappa shape index (κ2) is 7.24. The number of esters is 1. The lowest BCUT2D eigenvalue weighted by atomic mass is 9.76. The van der Waals surface area contributed by atoms with Crippen LogP contribution in [0.1, 0.15) is 25.3 Å². The highest BCUT2D eigenvalue weighted by Gasteiger charge is 2.48. The molecule has 0 spiro atoms. The second-order valence-corrected chi connectivity index (χ2v) is 5.18. The first-order valence-electron chi connectivity index (χ1n) is 6.26. The van der Waals surface area contributed by atoms with E-state index in [1.54, 1.807) is 37.3 Å². The molecule has 1 rings (SSSR count). The molecule has 5 heteroatoms. The van der Waals surface area contributed by atoms with Crippen molar-refractivity contribution < 1.29 is 19.4 Å². The molecule has 0 fully saturated rings. The fraction of sp³-hybridized carbons (Fsp3) is 0.333. The molecule has 0 saturated carbocycles. The number of hydrogen-bond donors (Lipinski definition) is 1. The Morgan fingerprint density at radius 1 is 1.40 bits per heavy atom. The molecule has 1 aromatic rings. The van der Waals surface area contributed by atoms with Crippen LogP contribution in [0.15, 0.2) is 41.4 Å². The van der Waals surface area contributed by atoms with Gasteiger partial charge in [-0.3, -0.25) is 9.59 Å². The quantitative estimate of drug-likeness (QED) is 0.470. The number of carbonyl (C=O) groups is 2. The average molecular weight is 341 g/mol. The predicted molar refractivity (Wildman–Crippen MR) is 79.5 cm³/mol. The summed E-state index contributed by atoms with van der Waals surface area (Å²) in [6.45, 7) is 5.37. The highest BCUT2D eigenvalue weighted by atomic mass is 79.9. The molecule has 1 N–H and O–H groups in total. The molecule has 0 bridgehead atoms. The van der Waals surface area contributed by atoms with Gasteiger partial charge in [0, 0.05) is 4.47 Å². The SMILES string of the molecule is C=CCCC(C(=O)O)(C(=O)OCC)c1ccc(Br)cc1. The van der Waals surface area contributed by atoms with Crippen molar-refractivity contribution in [2.45, 2.75) is 25.2 Å². The van der Waals surface area contributed by atoms with E-state index in [1.807, 2.05) is 0 Å². The predicted octanol–water partition coefficient (Wildman–Crippen LogP) is 3.30. The van der Waals surface area contributed by atoms with Gasteiger partial charge in [0.1, 0.15) is 0 Å². The molecule has 0 amide bonds. The molecule has 1 atom stereocenters. The van der Waals surface area contributed by atoms with Crippen molar-refractivity contribution in [2.24, 2.45) is 0 Å². The highest BCUT2D eigenvalue weighted by Crippen LogP contribution is 2.33. The van der Waals surface area contributed by atoms with Gasteiger partial charge in [-0.2, -0.15) is 0 Å². The lowest BCUT2D eigenvalue weighted by Crippen LogP contribution is -2.45. The zero-order chi connectivity index (χ0) is 15.2. The number of benzene rings is 1. The van der Waals surface area contributed by atoms with E-state index in [-0.39, 0.29) is 13.0 Å². The van der Waals surface area contributed by atoms with Crippen LogP contribution in [-0.4, -0.2) is 23.7 Å². The van der Waals surface area contributed by atoms with Crippen LogP contribution in [0.5, 0.6) is 0 Å². The molecule has 0 aromatic heterocycles. The minimum atomic E-state index is -1.69. The smallest absolute Gasteiger partial charge is 0.328 e. The first-order chi connectivity index (χ1) is 9.48. The van der Waals surface area contributed by atoms with Crippen LogP contribution in [0.3, 0.4) is 0 Å². The van der Waals surface area contributed by atoms with Crippen molar-refractivity contribution in [3.63, 3.8) is 0 Å². The molecule has 4 nitrogen and oxygen atoms in total. The van der Waals surface area contributed by atoms with E-state index in [0.717, 1.165) is 4.47 Å². The number of halogens is 1. The first kappa shape index (κ1) is 16.4. The van der Waals surface area contributed by atoms with Gasteiger partial charge in [-0.1, -0.05) is 34.1 Å². The molecule has 20 heavy (non-hydrogen) atoms. The van der Waals surface area contributed by atoms with Crippen LogP contribution in [0.2, 0.25) is 0 Å². The zero-order valence-corrected chi connectivity index (χ0v) is 12.9. The summed E-state index contributed by atoms with van der Waals surface area (Å²) in [6, 6.07) is 6.66. The van der Waals surface area contributed by atoms with Crippen LogP contribution in [0.4, 0.5) is 0 Å². The molecule has 0 aliphatic rings. The Morgan fingerprint density at radius 2 is 2.00 bits per heavy atom. The van der Waals surface area contributed by atoms with Gasteiger partial charge in [-0.25, -0.2) is 0 Å². The normalized spacial score (nSPS) is 13.3. The fourth-order valence-electron chi connectivity index (χ4n) is 1.99. The van der Waals surface area contributed by atoms with E-state index >= 15 is 0 Å². The van der Waals surface area contributed by atoms with Crippen LogP contribution < -0.4 is 0 Å². The number of carboxylic acid groups (broad SMARTS) is 1. The van der Waals surface area contributed by atoms with Crippen molar-refractivity contribution in [3.8, 4) is 0 Å². The van der Waals surface area contributed by atoms with Gasteiger partial charge >= 0.3 is 11.9 Å². The third kappa shape index (κ3) is 3.28. The molecular weight excluding hydrogens is 324 g/mol. The summed E-state index contributed by atoms with van der Waals surface area (Å²) in [4.78, 5) is 24.0. The average Bonchev–Trinajstić information content (AvgIpc) is 2.41. The van der Waals surface area contributed by atoms with Crippen molar-refractivity contribution in [2.75, 3.05) is 6.61 Å². The maximum Gasteiger partial charge on any atom is 0.328 e. The van der Waals surface area contributed by atoms with Crippen molar-refractivity contribution >= 4 is 27.9 Å². The molecule has 0 saturated heterocycles. The van der Waals surface area contributed by atoms with E-state index in [9.17, 15) is 14.7 Å². The number of hydrogen-bond acceptors (Lipinski definition) is 3. The Kier molecular flexibility index (Phi) is 5.95. The summed E-state index contributed by atoms with van der Waals surface area (Å²) in [7, 11) is 0. The van der Waals surface area contributed by atoms with Gasteiger partial charge in [-0.15, -0.1) is 6.58 Å². The Morgan fingerprint density at radius 3 is 2.45 bits per heavy atom. The largest absolute Gasteiger partial charge is 0.480 e. The Balaban J connectivity index is 3.35.